The van der Waals surface area contributed by atoms with Gasteiger partial charge in [0.25, 0.3) is 0 Å². The Morgan fingerprint density at radius 2 is 0.957 bits per heavy atom. The number of amides is 2. The molecule has 4 heterocycles. The average molecular weight is 982 g/mol. The molecule has 14 nitrogen and oxygen atoms in total. The van der Waals surface area contributed by atoms with Crippen LogP contribution in [0.2, 0.25) is 5.15 Å². The van der Waals surface area contributed by atoms with Gasteiger partial charge in [0.2, 0.25) is 0 Å². The van der Waals surface area contributed by atoms with Crippen LogP contribution in [0, 0.1) is 0 Å². The number of benzene rings is 2. The Bertz CT molecular complexity index is 2470. The van der Waals surface area contributed by atoms with Crippen molar-refractivity contribution in [1.82, 2.24) is 29.7 Å². The summed E-state index contributed by atoms with van der Waals surface area (Å²) in [6, 6.07) is 12.7. The van der Waals surface area contributed by atoms with Crippen LogP contribution in [0.25, 0.3) is 11.3 Å². The van der Waals surface area contributed by atoms with Crippen molar-refractivity contribution in [2.45, 2.75) is 155 Å². The highest BCUT2D eigenvalue weighted by Crippen LogP contribution is 2.47. The van der Waals surface area contributed by atoms with E-state index in [1.54, 1.807) is 16.0 Å². The van der Waals surface area contributed by atoms with Gasteiger partial charge >= 0.3 is 19.3 Å². The van der Waals surface area contributed by atoms with Gasteiger partial charge in [0.15, 0.2) is 0 Å². The quantitative estimate of drug-likeness (QED) is 0.187. The Hall–Kier alpha value is -4.99. The normalized spacial score (nSPS) is 19.0. The first-order valence-corrected chi connectivity index (χ1v) is 25.2. The zero-order valence-corrected chi connectivity index (χ0v) is 45.1. The number of rotatable bonds is 4. The van der Waals surface area contributed by atoms with Gasteiger partial charge in [-0.2, -0.15) is 0 Å². The highest BCUT2D eigenvalue weighted by atomic mass is 35.5. The number of ether oxygens (including phenoxy) is 2. The van der Waals surface area contributed by atoms with Crippen LogP contribution in [0.1, 0.15) is 145 Å². The number of nitrogens with zero attached hydrogens (tertiary/aromatic N) is 8. The molecule has 0 spiro atoms. The Morgan fingerprint density at radius 1 is 0.557 bits per heavy atom. The molecule has 2 aromatic heterocycles. The standard InChI is InChI=1S/C27H38N4O2.C14H21BO2.C13H19ClN4O2/c1-25(2,3)33-24(32)31-14-12-30(13-15-31)23-18-28-17-22(29-23)19-8-9-20-21(16-19)27(6,7)11-10-26(20,4)5;1-13(2)7-8-14(3,4)12-9-10(15(16)17)5-6-11(12)13;1-13(2,3)20-12(19)18-6-4-17(5-7-18)11-9-15-8-10(14)16-11/h8-9,16-18H,10-15H2,1-7H3;5-6,9,16-17H,7-8H2,1-4H3;8-9H,4-7H2,1-3H3. The van der Waals surface area contributed by atoms with Crippen LogP contribution in [0.15, 0.2) is 61.2 Å². The Morgan fingerprint density at radius 3 is 1.39 bits per heavy atom. The molecular weight excluding hydrogens is 903 g/mol. The number of carbonyl (C=O) groups excluding carboxylic acids is 2. The predicted octanol–water partition coefficient (Wildman–Crippen LogP) is 9.45. The van der Waals surface area contributed by atoms with E-state index in [9.17, 15) is 19.6 Å². The molecule has 2 aliphatic carbocycles. The second-order valence-corrected chi connectivity index (χ2v) is 24.2. The van der Waals surface area contributed by atoms with Crippen LogP contribution >= 0.6 is 11.6 Å². The van der Waals surface area contributed by atoms with Gasteiger partial charge in [-0.3, -0.25) is 9.97 Å². The van der Waals surface area contributed by atoms with E-state index < -0.39 is 18.3 Å². The lowest BCUT2D eigenvalue weighted by molar-refractivity contribution is 0.0230. The monoisotopic (exact) mass is 981 g/mol. The minimum atomic E-state index is -1.37. The number of carbonyl (C=O) groups is 2. The van der Waals surface area contributed by atoms with Crippen molar-refractivity contribution >= 4 is 48.0 Å². The lowest BCUT2D eigenvalue weighted by atomic mass is 9.61. The Labute approximate surface area is 422 Å². The van der Waals surface area contributed by atoms with Gasteiger partial charge in [0.05, 0.1) is 30.5 Å². The number of fused-ring (bicyclic) bond motifs is 2. The summed E-state index contributed by atoms with van der Waals surface area (Å²) in [7, 11) is -1.37. The van der Waals surface area contributed by atoms with Crippen molar-refractivity contribution < 1.29 is 29.1 Å². The minimum Gasteiger partial charge on any atom is -0.444 e. The first kappa shape index (κ1) is 54.3. The summed E-state index contributed by atoms with van der Waals surface area (Å²) < 4.78 is 10.9. The first-order chi connectivity index (χ1) is 32.4. The molecule has 2 amide bonds. The maximum absolute atomic E-state index is 12.4. The molecule has 0 unspecified atom stereocenters. The molecule has 0 atom stereocenters. The molecule has 70 heavy (non-hydrogen) atoms. The topological polar surface area (TPSA) is 158 Å². The van der Waals surface area contributed by atoms with E-state index in [4.69, 9.17) is 26.1 Å². The van der Waals surface area contributed by atoms with Crippen molar-refractivity contribution in [1.29, 1.82) is 0 Å². The summed E-state index contributed by atoms with van der Waals surface area (Å²) >= 11 is 5.83. The van der Waals surface area contributed by atoms with Crippen molar-refractivity contribution in [3.05, 3.63) is 88.6 Å². The van der Waals surface area contributed by atoms with Crippen molar-refractivity contribution in [2.24, 2.45) is 0 Å². The second-order valence-electron chi connectivity index (χ2n) is 23.8. The minimum absolute atomic E-state index is 0.121. The largest absolute Gasteiger partial charge is 0.488 e. The van der Waals surface area contributed by atoms with Crippen molar-refractivity contribution in [2.75, 3.05) is 62.2 Å². The van der Waals surface area contributed by atoms with Gasteiger partial charge in [-0.25, -0.2) is 19.6 Å². The van der Waals surface area contributed by atoms with Crippen LogP contribution < -0.4 is 15.3 Å². The van der Waals surface area contributed by atoms with E-state index in [1.807, 2.05) is 66.1 Å². The lowest BCUT2D eigenvalue weighted by Gasteiger charge is -2.42. The molecule has 2 saturated heterocycles. The summed E-state index contributed by atoms with van der Waals surface area (Å²) in [5, 5.41) is 18.9. The fraction of sp³-hybridized carbons (Fsp3) is 0.593. The SMILES string of the molecule is CC(C)(C)OC(=O)N1CCN(c2cncc(-c3ccc4c(c3)C(C)(C)CCC4(C)C)n2)CC1.CC(C)(C)OC(=O)N1CCN(c2cncc(Cl)n2)CC1.CC1(C)CCC(C)(C)c2cc(B(O)O)ccc21. The number of hydrogen-bond acceptors (Lipinski definition) is 12. The fourth-order valence-corrected chi connectivity index (χ4v) is 9.68. The van der Waals surface area contributed by atoms with Gasteiger partial charge in [0, 0.05) is 57.9 Å². The van der Waals surface area contributed by atoms with E-state index in [0.29, 0.717) is 63.0 Å². The molecule has 4 aliphatic rings. The van der Waals surface area contributed by atoms with Crippen LogP contribution in [-0.2, 0) is 31.1 Å². The molecule has 2 fully saturated rings. The fourth-order valence-electron chi connectivity index (χ4n) is 9.54. The number of piperazine rings is 2. The number of halogens is 1. The molecule has 0 radical (unpaired) electrons. The van der Waals surface area contributed by atoms with Crippen LogP contribution in [0.4, 0.5) is 21.2 Å². The van der Waals surface area contributed by atoms with Gasteiger partial charge < -0.3 is 39.1 Å². The molecular formula is C54H78BClN8O6. The van der Waals surface area contributed by atoms with E-state index in [2.05, 4.69) is 104 Å². The number of hydrogen-bond donors (Lipinski definition) is 2. The van der Waals surface area contributed by atoms with Gasteiger partial charge in [-0.1, -0.05) is 97.3 Å². The summed E-state index contributed by atoms with van der Waals surface area (Å²) in [6.07, 6.45) is 11.0. The zero-order valence-electron chi connectivity index (χ0n) is 44.3. The number of aromatic nitrogens is 4. The molecule has 0 saturated carbocycles. The summed E-state index contributed by atoms with van der Waals surface area (Å²) in [5.41, 5.74) is 7.80. The first-order valence-electron chi connectivity index (χ1n) is 24.9. The Kier molecular flexibility index (Phi) is 16.3. The predicted molar refractivity (Wildman–Crippen MR) is 281 cm³/mol. The van der Waals surface area contributed by atoms with Gasteiger partial charge in [-0.05, 0) is 123 Å². The van der Waals surface area contributed by atoms with Gasteiger partial charge in [0.1, 0.15) is 28.0 Å². The molecule has 380 valence electrons. The van der Waals surface area contributed by atoms with Crippen molar-refractivity contribution in [3.63, 3.8) is 0 Å². The summed E-state index contributed by atoms with van der Waals surface area (Å²) in [6.45, 7) is 34.9. The highest BCUT2D eigenvalue weighted by Gasteiger charge is 2.39. The highest BCUT2D eigenvalue weighted by molar-refractivity contribution is 6.58. The molecule has 2 aliphatic heterocycles. The van der Waals surface area contributed by atoms with E-state index in [1.165, 1.54) is 47.7 Å². The Balaban J connectivity index is 0.000000186. The van der Waals surface area contributed by atoms with Crippen LogP contribution in [-0.4, -0.2) is 123 Å². The summed E-state index contributed by atoms with van der Waals surface area (Å²) in [5.74, 6) is 1.59. The third-order valence-corrected chi connectivity index (χ3v) is 14.2. The molecule has 8 rings (SSSR count). The third kappa shape index (κ3) is 13.7. The van der Waals surface area contributed by atoms with Crippen LogP contribution in [0.5, 0.6) is 0 Å². The average Bonchev–Trinajstić information content (AvgIpc) is 3.29. The van der Waals surface area contributed by atoms with E-state index in [0.717, 1.165) is 29.3 Å². The molecule has 16 heteroatoms. The van der Waals surface area contributed by atoms with Crippen LogP contribution in [0.3, 0.4) is 0 Å². The van der Waals surface area contributed by atoms with Crippen molar-refractivity contribution in [3.8, 4) is 11.3 Å². The molecule has 4 aromatic rings. The smallest absolute Gasteiger partial charge is 0.444 e. The summed E-state index contributed by atoms with van der Waals surface area (Å²) in [4.78, 5) is 49.8. The second kappa shape index (κ2) is 21.0. The molecule has 0 bridgehead atoms. The zero-order chi connectivity index (χ0) is 51.6. The third-order valence-electron chi connectivity index (χ3n) is 14.0. The maximum Gasteiger partial charge on any atom is 0.488 e. The molecule has 2 N–H and O–H groups in total. The van der Waals surface area contributed by atoms with Gasteiger partial charge in [-0.15, -0.1) is 0 Å². The lowest BCUT2D eigenvalue weighted by Crippen LogP contribution is -2.50. The molecule has 2 aromatic carbocycles. The van der Waals surface area contributed by atoms with E-state index in [-0.39, 0.29) is 33.8 Å². The maximum atomic E-state index is 12.4. The van der Waals surface area contributed by atoms with E-state index >= 15 is 0 Å². The number of anilines is 2.